The number of rotatable bonds is 3. The molecule has 0 aromatic carbocycles. The Labute approximate surface area is 101 Å². The molecule has 1 N–H and O–H groups in total. The first-order valence-corrected chi connectivity index (χ1v) is 6.07. The molecule has 1 saturated heterocycles. The summed E-state index contributed by atoms with van der Waals surface area (Å²) in [7, 11) is 2.04. The molecule has 0 aliphatic carbocycles. The van der Waals surface area contributed by atoms with Gasteiger partial charge >= 0.3 is 0 Å². The van der Waals surface area contributed by atoms with Crippen molar-refractivity contribution in [3.63, 3.8) is 0 Å². The van der Waals surface area contributed by atoms with Gasteiger partial charge in [0.15, 0.2) is 0 Å². The highest BCUT2D eigenvalue weighted by molar-refractivity contribution is 6.03. The zero-order valence-electron chi connectivity index (χ0n) is 10.2. The van der Waals surface area contributed by atoms with Crippen molar-refractivity contribution in [2.45, 2.75) is 19.3 Å². The Morgan fingerprint density at radius 3 is 2.94 bits per heavy atom. The molecule has 1 amide bonds. The van der Waals surface area contributed by atoms with E-state index < -0.39 is 0 Å². The summed E-state index contributed by atoms with van der Waals surface area (Å²) in [5, 5.41) is 12.5. The van der Waals surface area contributed by atoms with Gasteiger partial charge in [0.1, 0.15) is 5.71 Å². The number of likely N-dealkylation sites (N-methyl/N-ethyl adjacent to an activating group) is 1. The fourth-order valence-electron chi connectivity index (χ4n) is 2.35. The number of likely N-dealkylation sites (tertiary alicyclic amines) is 1. The van der Waals surface area contributed by atoms with Crippen molar-refractivity contribution in [2.75, 3.05) is 33.2 Å². The van der Waals surface area contributed by atoms with Gasteiger partial charge < -0.3 is 15.0 Å². The molecule has 0 radical (unpaired) electrons. The van der Waals surface area contributed by atoms with Crippen LogP contribution >= 0.6 is 0 Å². The second kappa shape index (κ2) is 5.31. The topological polar surface area (TPSA) is 56.1 Å². The lowest BCUT2D eigenvalue weighted by Gasteiger charge is -2.25. The van der Waals surface area contributed by atoms with E-state index in [2.05, 4.69) is 16.1 Å². The minimum atomic E-state index is 0.163. The minimum Gasteiger partial charge on any atom is -0.411 e. The van der Waals surface area contributed by atoms with E-state index in [1.807, 2.05) is 7.05 Å². The van der Waals surface area contributed by atoms with Crippen molar-refractivity contribution in [2.24, 2.45) is 5.16 Å². The van der Waals surface area contributed by atoms with E-state index in [9.17, 15) is 4.79 Å². The van der Waals surface area contributed by atoms with E-state index in [4.69, 9.17) is 5.21 Å². The van der Waals surface area contributed by atoms with Gasteiger partial charge in [-0.1, -0.05) is 11.2 Å². The maximum atomic E-state index is 11.5. The van der Waals surface area contributed by atoms with E-state index in [0.717, 1.165) is 38.0 Å². The molecule has 0 bridgehead atoms. The number of amides is 1. The molecule has 0 saturated carbocycles. The second-order valence-corrected chi connectivity index (χ2v) is 4.72. The number of nitrogens with zero attached hydrogens (tertiary/aromatic N) is 3. The van der Waals surface area contributed by atoms with Crippen molar-refractivity contribution in [3.8, 4) is 0 Å². The van der Waals surface area contributed by atoms with Crippen LogP contribution in [0, 0.1) is 0 Å². The summed E-state index contributed by atoms with van der Waals surface area (Å²) in [6, 6.07) is 0. The van der Waals surface area contributed by atoms with Gasteiger partial charge in [0, 0.05) is 26.1 Å². The van der Waals surface area contributed by atoms with Gasteiger partial charge in [-0.15, -0.1) is 0 Å². The van der Waals surface area contributed by atoms with Crippen LogP contribution in [0.25, 0.3) is 0 Å². The van der Waals surface area contributed by atoms with E-state index in [0.29, 0.717) is 18.7 Å². The van der Waals surface area contributed by atoms with E-state index in [1.165, 1.54) is 0 Å². The average molecular weight is 237 g/mol. The zero-order valence-corrected chi connectivity index (χ0v) is 10.2. The predicted octanol–water partition coefficient (Wildman–Crippen LogP) is 0.701. The van der Waals surface area contributed by atoms with Crippen molar-refractivity contribution in [1.29, 1.82) is 0 Å². The van der Waals surface area contributed by atoms with Crippen LogP contribution in [-0.2, 0) is 4.79 Å². The number of carbonyl (C=O) groups is 1. The van der Waals surface area contributed by atoms with E-state index in [1.54, 1.807) is 4.90 Å². The van der Waals surface area contributed by atoms with Crippen LogP contribution in [0.4, 0.5) is 0 Å². The second-order valence-electron chi connectivity index (χ2n) is 4.72. The van der Waals surface area contributed by atoms with Gasteiger partial charge in [-0.05, 0) is 25.5 Å². The maximum Gasteiger partial charge on any atom is 0.222 e. The van der Waals surface area contributed by atoms with Crippen LogP contribution in [0.15, 0.2) is 16.8 Å². The maximum absolute atomic E-state index is 11.5. The lowest BCUT2D eigenvalue weighted by molar-refractivity contribution is -0.127. The van der Waals surface area contributed by atoms with Crippen molar-refractivity contribution in [3.05, 3.63) is 11.6 Å². The summed E-state index contributed by atoms with van der Waals surface area (Å²) in [5.74, 6) is 0.163. The summed E-state index contributed by atoms with van der Waals surface area (Å²) in [5.41, 5.74) is 1.67. The molecule has 0 atom stereocenters. The summed E-state index contributed by atoms with van der Waals surface area (Å²) < 4.78 is 0. The molecule has 17 heavy (non-hydrogen) atoms. The molecule has 0 aromatic heterocycles. The summed E-state index contributed by atoms with van der Waals surface area (Å²) in [6.45, 7) is 3.04. The van der Waals surface area contributed by atoms with Gasteiger partial charge in [0.25, 0.3) is 0 Å². The third-order valence-electron chi connectivity index (χ3n) is 3.35. The molecular formula is C12H19N3O2. The normalized spacial score (nSPS) is 23.1. The van der Waals surface area contributed by atoms with Gasteiger partial charge in [-0.3, -0.25) is 4.79 Å². The van der Waals surface area contributed by atoms with Crippen LogP contribution in [0.5, 0.6) is 0 Å². The lowest BCUT2D eigenvalue weighted by atomic mass is 10.0. The summed E-state index contributed by atoms with van der Waals surface area (Å²) >= 11 is 0. The van der Waals surface area contributed by atoms with Crippen molar-refractivity contribution in [1.82, 2.24) is 9.80 Å². The third kappa shape index (κ3) is 2.85. The Morgan fingerprint density at radius 2 is 2.35 bits per heavy atom. The largest absolute Gasteiger partial charge is 0.411 e. The van der Waals surface area contributed by atoms with Crippen LogP contribution in [-0.4, -0.2) is 59.9 Å². The molecule has 2 rings (SSSR count). The standard InChI is InChI=1S/C12H19N3O2/c1-14-6-2-4-10(8-14)11(13-17)9-15-7-3-5-12(15)16/h4,17H,2-3,5-9H2,1H3/b13-11-. The van der Waals surface area contributed by atoms with Gasteiger partial charge in [-0.25, -0.2) is 0 Å². The van der Waals surface area contributed by atoms with E-state index >= 15 is 0 Å². The highest BCUT2D eigenvalue weighted by atomic mass is 16.4. The Morgan fingerprint density at radius 1 is 1.53 bits per heavy atom. The number of carbonyl (C=O) groups excluding carboxylic acids is 1. The molecular weight excluding hydrogens is 218 g/mol. The predicted molar refractivity (Wildman–Crippen MR) is 65.2 cm³/mol. The number of oxime groups is 1. The highest BCUT2D eigenvalue weighted by Crippen LogP contribution is 2.14. The lowest BCUT2D eigenvalue weighted by Crippen LogP contribution is -2.35. The molecule has 0 spiro atoms. The first kappa shape index (κ1) is 12.1. The monoisotopic (exact) mass is 237 g/mol. The first-order chi connectivity index (χ1) is 8.20. The zero-order chi connectivity index (χ0) is 12.3. The highest BCUT2D eigenvalue weighted by Gasteiger charge is 2.24. The molecule has 0 aromatic rings. The van der Waals surface area contributed by atoms with Crippen LogP contribution < -0.4 is 0 Å². The molecule has 2 heterocycles. The molecule has 1 fully saturated rings. The SMILES string of the molecule is CN1CCC=C(/C(CN2CCCC2=O)=N\O)C1. The summed E-state index contributed by atoms with van der Waals surface area (Å²) in [4.78, 5) is 15.5. The Bertz CT molecular complexity index is 363. The average Bonchev–Trinajstić information content (AvgIpc) is 2.71. The number of hydrogen-bond donors (Lipinski definition) is 1. The summed E-state index contributed by atoms with van der Waals surface area (Å²) in [6.07, 6.45) is 4.61. The smallest absolute Gasteiger partial charge is 0.222 e. The van der Waals surface area contributed by atoms with E-state index in [-0.39, 0.29) is 5.91 Å². The van der Waals surface area contributed by atoms with Crippen LogP contribution in [0.1, 0.15) is 19.3 Å². The minimum absolute atomic E-state index is 0.163. The molecule has 5 nitrogen and oxygen atoms in total. The Balaban J connectivity index is 2.02. The first-order valence-electron chi connectivity index (χ1n) is 6.07. The quantitative estimate of drug-likeness (QED) is 0.446. The third-order valence-corrected chi connectivity index (χ3v) is 3.35. The Kier molecular flexibility index (Phi) is 3.78. The number of hydrogen-bond acceptors (Lipinski definition) is 4. The fraction of sp³-hybridized carbons (Fsp3) is 0.667. The fourth-order valence-corrected chi connectivity index (χ4v) is 2.35. The Hall–Kier alpha value is -1.36. The molecule has 2 aliphatic rings. The molecule has 94 valence electrons. The van der Waals surface area contributed by atoms with Gasteiger partial charge in [0.2, 0.25) is 5.91 Å². The van der Waals surface area contributed by atoms with Crippen molar-refractivity contribution >= 4 is 11.6 Å². The molecule has 5 heteroatoms. The van der Waals surface area contributed by atoms with Gasteiger partial charge in [0.05, 0.1) is 6.54 Å². The van der Waals surface area contributed by atoms with Gasteiger partial charge in [-0.2, -0.15) is 0 Å². The van der Waals surface area contributed by atoms with Crippen LogP contribution in [0.3, 0.4) is 0 Å². The van der Waals surface area contributed by atoms with Crippen molar-refractivity contribution < 1.29 is 10.0 Å². The molecule has 2 aliphatic heterocycles. The van der Waals surface area contributed by atoms with Crippen LogP contribution in [0.2, 0.25) is 0 Å². The molecule has 0 unspecified atom stereocenters.